The summed E-state index contributed by atoms with van der Waals surface area (Å²) < 4.78 is 6.56. The number of ether oxygens (including phenoxy) is 1. The molecule has 2 aliphatic rings. The molecule has 0 spiro atoms. The van der Waals surface area contributed by atoms with E-state index < -0.39 is 0 Å². The van der Waals surface area contributed by atoms with Crippen LogP contribution in [0.25, 0.3) is 0 Å². The fraction of sp³-hybridized carbons (Fsp3) is 0.476. The van der Waals surface area contributed by atoms with Gasteiger partial charge in [0, 0.05) is 46.7 Å². The number of nitrogens with zero attached hydrogens (tertiary/aromatic N) is 5. The van der Waals surface area contributed by atoms with Crippen LogP contribution in [-0.4, -0.2) is 71.9 Å². The summed E-state index contributed by atoms with van der Waals surface area (Å²) in [6, 6.07) is 8.08. The third kappa shape index (κ3) is 3.98. The third-order valence-corrected chi connectivity index (χ3v) is 6.02. The average Bonchev–Trinajstić information content (AvgIpc) is 3.42. The van der Waals surface area contributed by atoms with E-state index in [0.29, 0.717) is 17.5 Å². The predicted octanol–water partition coefficient (Wildman–Crippen LogP) is 1.91. The van der Waals surface area contributed by atoms with Crippen molar-refractivity contribution < 1.29 is 14.3 Å². The highest BCUT2D eigenvalue weighted by molar-refractivity contribution is 5.91. The maximum Gasteiger partial charge on any atom is 0.344 e. The first-order chi connectivity index (χ1) is 13.9. The molecule has 2 aliphatic heterocycles. The van der Waals surface area contributed by atoms with E-state index in [1.807, 2.05) is 17.0 Å². The number of methoxy groups -OCH3 is 1. The highest BCUT2D eigenvalue weighted by Gasteiger charge is 2.41. The maximum atomic E-state index is 12.8. The Hall–Kier alpha value is -2.87. The molecule has 2 unspecified atom stereocenters. The quantitative estimate of drug-likeness (QED) is 0.788. The lowest BCUT2D eigenvalue weighted by Crippen LogP contribution is -2.36. The molecule has 8 heteroatoms. The van der Waals surface area contributed by atoms with Gasteiger partial charge in [-0.05, 0) is 29.5 Å². The summed E-state index contributed by atoms with van der Waals surface area (Å²) in [5.41, 5.74) is 1.90. The zero-order valence-corrected chi connectivity index (χ0v) is 17.1. The minimum atomic E-state index is -0.121. The molecule has 1 aromatic heterocycles. The molecule has 2 fully saturated rings. The first-order valence-corrected chi connectivity index (χ1v) is 9.88. The number of anilines is 1. The minimum Gasteiger partial charge on any atom is -0.497 e. The van der Waals surface area contributed by atoms with Crippen LogP contribution in [0.4, 0.5) is 10.5 Å². The monoisotopic (exact) mass is 397 g/mol. The van der Waals surface area contributed by atoms with Gasteiger partial charge in [-0.25, -0.2) is 4.79 Å². The molecule has 2 atom stereocenters. The van der Waals surface area contributed by atoms with E-state index in [2.05, 4.69) is 22.1 Å². The van der Waals surface area contributed by atoms with Gasteiger partial charge in [-0.15, -0.1) is 0 Å². The second kappa shape index (κ2) is 7.87. The van der Waals surface area contributed by atoms with Crippen LogP contribution in [-0.2, 0) is 11.3 Å². The second-order valence-corrected chi connectivity index (χ2v) is 7.97. The van der Waals surface area contributed by atoms with Gasteiger partial charge in [-0.1, -0.05) is 12.1 Å². The first-order valence-electron chi connectivity index (χ1n) is 9.88. The summed E-state index contributed by atoms with van der Waals surface area (Å²) >= 11 is 0. The van der Waals surface area contributed by atoms with Crippen LogP contribution in [0.2, 0.25) is 0 Å². The van der Waals surface area contributed by atoms with Gasteiger partial charge < -0.3 is 14.5 Å². The Morgan fingerprint density at radius 1 is 1.14 bits per heavy atom. The van der Waals surface area contributed by atoms with Crippen LogP contribution in [0, 0.1) is 11.8 Å². The average molecular weight is 397 g/mol. The third-order valence-electron chi connectivity index (χ3n) is 6.02. The highest BCUT2D eigenvalue weighted by Crippen LogP contribution is 2.32. The van der Waals surface area contributed by atoms with Crippen LogP contribution >= 0.6 is 0 Å². The predicted molar refractivity (Wildman–Crippen MR) is 109 cm³/mol. The molecular formula is C21H27N5O3. The molecule has 0 bridgehead atoms. The van der Waals surface area contributed by atoms with Gasteiger partial charge in [0.25, 0.3) is 0 Å². The molecule has 8 nitrogen and oxygen atoms in total. The van der Waals surface area contributed by atoms with E-state index in [0.717, 1.165) is 38.5 Å². The molecule has 29 heavy (non-hydrogen) atoms. The van der Waals surface area contributed by atoms with Gasteiger partial charge in [0.2, 0.25) is 5.91 Å². The standard InChI is InChI=1S/C21H27N5O3/c1-15(27)23(2)19-8-22-26(14-19)21(28)25-12-17-10-24(11-18(17)13-25)9-16-4-6-20(29-3)7-5-16/h4-8,14,17-18H,9-13H2,1-3H3. The van der Waals surface area contributed by atoms with Gasteiger partial charge >= 0.3 is 6.03 Å². The van der Waals surface area contributed by atoms with Crippen LogP contribution in [0.3, 0.4) is 0 Å². The molecular weight excluding hydrogens is 370 g/mol. The van der Waals surface area contributed by atoms with Gasteiger partial charge in [0.05, 0.1) is 25.2 Å². The van der Waals surface area contributed by atoms with Crippen molar-refractivity contribution in [3.05, 3.63) is 42.2 Å². The molecule has 2 amide bonds. The number of rotatable bonds is 4. The molecule has 1 aromatic carbocycles. The number of hydrogen-bond acceptors (Lipinski definition) is 5. The van der Waals surface area contributed by atoms with Gasteiger partial charge in [0.15, 0.2) is 0 Å². The van der Waals surface area contributed by atoms with Gasteiger partial charge in [0.1, 0.15) is 5.75 Å². The normalized spacial score (nSPS) is 21.3. The van der Waals surface area contributed by atoms with E-state index >= 15 is 0 Å². The number of carbonyl (C=O) groups is 2. The summed E-state index contributed by atoms with van der Waals surface area (Å²) in [6.45, 7) is 5.90. The van der Waals surface area contributed by atoms with E-state index in [9.17, 15) is 9.59 Å². The molecule has 2 saturated heterocycles. The van der Waals surface area contributed by atoms with Crippen molar-refractivity contribution in [2.45, 2.75) is 13.5 Å². The van der Waals surface area contributed by atoms with Gasteiger partial charge in [-0.3, -0.25) is 9.69 Å². The molecule has 0 radical (unpaired) electrons. The van der Waals surface area contributed by atoms with Crippen LogP contribution in [0.15, 0.2) is 36.7 Å². The van der Waals surface area contributed by atoms with Crippen molar-refractivity contribution in [1.82, 2.24) is 19.6 Å². The molecule has 154 valence electrons. The Bertz CT molecular complexity index is 880. The van der Waals surface area contributed by atoms with E-state index in [1.54, 1.807) is 26.6 Å². The second-order valence-electron chi connectivity index (χ2n) is 7.97. The van der Waals surface area contributed by atoms with Crippen molar-refractivity contribution in [2.75, 3.05) is 45.2 Å². The van der Waals surface area contributed by atoms with E-state index in [-0.39, 0.29) is 11.9 Å². The van der Waals surface area contributed by atoms with Crippen molar-refractivity contribution in [2.24, 2.45) is 11.8 Å². The summed E-state index contributed by atoms with van der Waals surface area (Å²) in [7, 11) is 3.35. The zero-order valence-electron chi connectivity index (χ0n) is 17.1. The Morgan fingerprint density at radius 2 is 1.79 bits per heavy atom. The maximum absolute atomic E-state index is 12.8. The van der Waals surface area contributed by atoms with Crippen LogP contribution in [0.1, 0.15) is 12.5 Å². The number of carbonyl (C=O) groups excluding carboxylic acids is 2. The lowest BCUT2D eigenvalue weighted by molar-refractivity contribution is -0.116. The highest BCUT2D eigenvalue weighted by atomic mass is 16.5. The smallest absolute Gasteiger partial charge is 0.344 e. The Balaban J connectivity index is 1.32. The number of likely N-dealkylation sites (tertiary alicyclic amines) is 2. The summed E-state index contributed by atoms with van der Waals surface area (Å²) in [4.78, 5) is 30.1. The molecule has 3 heterocycles. The summed E-state index contributed by atoms with van der Waals surface area (Å²) in [5.74, 6) is 1.77. The number of aromatic nitrogens is 2. The largest absolute Gasteiger partial charge is 0.497 e. The SMILES string of the molecule is COc1ccc(CN2CC3CN(C(=O)n4cc(N(C)C(C)=O)cn4)CC3C2)cc1. The Morgan fingerprint density at radius 3 is 2.38 bits per heavy atom. The lowest BCUT2D eigenvalue weighted by Gasteiger charge is -2.21. The van der Waals surface area contributed by atoms with E-state index in [4.69, 9.17) is 4.74 Å². The number of fused-ring (bicyclic) bond motifs is 1. The number of benzene rings is 1. The molecule has 0 aliphatic carbocycles. The summed E-state index contributed by atoms with van der Waals surface area (Å²) in [6.07, 6.45) is 3.17. The van der Waals surface area contributed by atoms with E-state index in [1.165, 1.54) is 22.1 Å². The zero-order chi connectivity index (χ0) is 20.5. The van der Waals surface area contributed by atoms with Gasteiger partial charge in [-0.2, -0.15) is 9.78 Å². The molecule has 0 saturated carbocycles. The van der Waals surface area contributed by atoms with Crippen molar-refractivity contribution in [3.63, 3.8) is 0 Å². The number of amides is 2. The molecule has 0 N–H and O–H groups in total. The fourth-order valence-corrected chi connectivity index (χ4v) is 4.28. The van der Waals surface area contributed by atoms with Crippen molar-refractivity contribution >= 4 is 17.6 Å². The fourth-order valence-electron chi connectivity index (χ4n) is 4.28. The van der Waals surface area contributed by atoms with Crippen molar-refractivity contribution in [1.29, 1.82) is 0 Å². The lowest BCUT2D eigenvalue weighted by atomic mass is 10.0. The Kier molecular flexibility index (Phi) is 5.27. The van der Waals surface area contributed by atoms with Crippen molar-refractivity contribution in [3.8, 4) is 5.75 Å². The minimum absolute atomic E-state index is 0.0929. The van der Waals surface area contributed by atoms with Crippen LogP contribution in [0.5, 0.6) is 5.75 Å². The first kappa shape index (κ1) is 19.4. The topological polar surface area (TPSA) is 70.9 Å². The van der Waals surface area contributed by atoms with Crippen LogP contribution < -0.4 is 9.64 Å². The summed E-state index contributed by atoms with van der Waals surface area (Å²) in [5, 5.41) is 4.15. The Labute approximate surface area is 170 Å². The molecule has 2 aromatic rings. The number of hydrogen-bond donors (Lipinski definition) is 0. The molecule has 4 rings (SSSR count).